The third-order valence-electron chi connectivity index (χ3n) is 6.07. The molecule has 2 aliphatic heterocycles. The first-order valence-corrected chi connectivity index (χ1v) is 11.1. The highest BCUT2D eigenvalue weighted by Gasteiger charge is 2.40. The monoisotopic (exact) mass is 525 g/mol. The van der Waals surface area contributed by atoms with E-state index in [1.54, 1.807) is 11.3 Å². The van der Waals surface area contributed by atoms with Crippen LogP contribution in [0.4, 0.5) is 0 Å². The average molecular weight is 526 g/mol. The van der Waals surface area contributed by atoms with Crippen molar-refractivity contribution in [1.29, 1.82) is 0 Å². The molecule has 29 heavy (non-hydrogen) atoms. The highest BCUT2D eigenvalue weighted by molar-refractivity contribution is 14.0. The van der Waals surface area contributed by atoms with Crippen molar-refractivity contribution in [3.8, 4) is 0 Å². The number of aromatic nitrogens is 1. The lowest BCUT2D eigenvalue weighted by Crippen LogP contribution is -2.52. The van der Waals surface area contributed by atoms with E-state index in [0.29, 0.717) is 18.1 Å². The Morgan fingerprint density at radius 1 is 1.17 bits per heavy atom. The van der Waals surface area contributed by atoms with Crippen LogP contribution in [0.25, 0.3) is 0 Å². The van der Waals surface area contributed by atoms with Gasteiger partial charge in [0.1, 0.15) is 0 Å². The number of hydrogen-bond donors (Lipinski definition) is 2. The number of aryl methyl sites for hydroxylation is 2. The molecule has 158 valence electrons. The van der Waals surface area contributed by atoms with Crippen LogP contribution in [-0.2, 0) is 13.1 Å². The van der Waals surface area contributed by atoms with Gasteiger partial charge in [0, 0.05) is 36.6 Å². The van der Waals surface area contributed by atoms with Crippen LogP contribution < -0.4 is 10.6 Å². The predicted octanol–water partition coefficient (Wildman–Crippen LogP) is 4.24. The van der Waals surface area contributed by atoms with Gasteiger partial charge in [-0.05, 0) is 45.1 Å². The number of rotatable bonds is 5. The van der Waals surface area contributed by atoms with Gasteiger partial charge >= 0.3 is 0 Å². The van der Waals surface area contributed by atoms with E-state index < -0.39 is 0 Å². The molecule has 2 saturated heterocycles. The summed E-state index contributed by atoms with van der Waals surface area (Å²) in [7, 11) is 1.86. The van der Waals surface area contributed by atoms with Crippen molar-refractivity contribution in [2.75, 3.05) is 7.05 Å². The summed E-state index contributed by atoms with van der Waals surface area (Å²) in [6, 6.07) is 12.8. The Balaban J connectivity index is 0.00000240. The highest BCUT2D eigenvalue weighted by Crippen LogP contribution is 2.36. The second-order valence-corrected chi connectivity index (χ2v) is 9.31. The first-order valence-electron chi connectivity index (χ1n) is 10.3. The van der Waals surface area contributed by atoms with Crippen LogP contribution >= 0.6 is 35.3 Å². The maximum absolute atomic E-state index is 4.51. The van der Waals surface area contributed by atoms with E-state index in [4.69, 9.17) is 0 Å². The molecular weight excluding hydrogens is 493 g/mol. The van der Waals surface area contributed by atoms with Gasteiger partial charge in [0.2, 0.25) is 0 Å². The number of fused-ring (bicyclic) bond motifs is 2. The molecule has 3 heterocycles. The molecule has 7 heteroatoms. The molecule has 2 atom stereocenters. The Labute approximate surface area is 195 Å². The Hall–Kier alpha value is -1.19. The zero-order chi connectivity index (χ0) is 19.5. The van der Waals surface area contributed by atoms with Crippen LogP contribution in [-0.4, -0.2) is 41.0 Å². The van der Waals surface area contributed by atoms with Crippen molar-refractivity contribution < 1.29 is 0 Å². The first-order chi connectivity index (χ1) is 13.6. The molecule has 5 nitrogen and oxygen atoms in total. The van der Waals surface area contributed by atoms with Crippen molar-refractivity contribution in [3.05, 3.63) is 51.5 Å². The minimum absolute atomic E-state index is 0. The van der Waals surface area contributed by atoms with Crippen LogP contribution in [0.1, 0.15) is 46.8 Å². The van der Waals surface area contributed by atoms with E-state index in [1.165, 1.54) is 36.1 Å². The fourth-order valence-electron chi connectivity index (χ4n) is 4.73. The summed E-state index contributed by atoms with van der Waals surface area (Å²) in [6.07, 6.45) is 5.04. The van der Waals surface area contributed by atoms with Gasteiger partial charge in [-0.15, -0.1) is 35.3 Å². The number of halogens is 1. The summed E-state index contributed by atoms with van der Waals surface area (Å²) in [6.45, 7) is 6.01. The van der Waals surface area contributed by atoms with Crippen molar-refractivity contribution >= 4 is 41.3 Å². The van der Waals surface area contributed by atoms with E-state index in [-0.39, 0.29) is 24.0 Å². The molecule has 1 aromatic carbocycles. The predicted molar refractivity (Wildman–Crippen MR) is 132 cm³/mol. The van der Waals surface area contributed by atoms with Crippen LogP contribution in [0.5, 0.6) is 0 Å². The topological polar surface area (TPSA) is 52.6 Å². The van der Waals surface area contributed by atoms with Gasteiger partial charge in [0.25, 0.3) is 0 Å². The van der Waals surface area contributed by atoms with Gasteiger partial charge in [-0.25, -0.2) is 4.98 Å². The van der Waals surface area contributed by atoms with Crippen LogP contribution in [0.3, 0.4) is 0 Å². The summed E-state index contributed by atoms with van der Waals surface area (Å²) in [5.74, 6) is 0.909. The molecule has 0 amide bonds. The fourth-order valence-corrected chi connectivity index (χ4v) is 5.61. The van der Waals surface area contributed by atoms with Crippen molar-refractivity contribution in [2.24, 2.45) is 4.99 Å². The SMILES string of the molecule is CN=C(NCc1sc(C)nc1C)NC1CC2CCC(C1)N2Cc1ccccc1.I. The second-order valence-electron chi connectivity index (χ2n) is 8.02. The molecule has 2 bridgehead atoms. The van der Waals surface area contributed by atoms with Crippen LogP contribution in [0.2, 0.25) is 0 Å². The lowest BCUT2D eigenvalue weighted by Gasteiger charge is -2.39. The second kappa shape index (κ2) is 10.2. The zero-order valence-electron chi connectivity index (χ0n) is 17.5. The maximum atomic E-state index is 4.51. The van der Waals surface area contributed by atoms with Crippen LogP contribution in [0.15, 0.2) is 35.3 Å². The van der Waals surface area contributed by atoms with Gasteiger partial charge in [-0.1, -0.05) is 30.3 Å². The van der Waals surface area contributed by atoms with Crippen molar-refractivity contribution in [3.63, 3.8) is 0 Å². The molecule has 2 aliphatic rings. The number of thiazole rings is 1. The van der Waals surface area contributed by atoms with Gasteiger partial charge in [-0.2, -0.15) is 0 Å². The number of nitrogens with zero attached hydrogens (tertiary/aromatic N) is 3. The molecule has 1 aromatic heterocycles. The summed E-state index contributed by atoms with van der Waals surface area (Å²) in [4.78, 5) is 13.0. The summed E-state index contributed by atoms with van der Waals surface area (Å²) in [5.41, 5.74) is 2.55. The van der Waals surface area contributed by atoms with Gasteiger partial charge < -0.3 is 10.6 Å². The lowest BCUT2D eigenvalue weighted by atomic mass is 9.96. The number of aliphatic imine (C=N–C) groups is 1. The molecule has 0 aliphatic carbocycles. The number of hydrogen-bond acceptors (Lipinski definition) is 4. The molecule has 2 N–H and O–H groups in total. The number of benzene rings is 1. The molecular formula is C22H32IN5S. The Morgan fingerprint density at radius 3 is 2.45 bits per heavy atom. The average Bonchev–Trinajstić information content (AvgIpc) is 3.13. The molecule has 0 spiro atoms. The number of nitrogens with one attached hydrogen (secondary N) is 2. The third-order valence-corrected chi connectivity index (χ3v) is 7.15. The van der Waals surface area contributed by atoms with E-state index in [9.17, 15) is 0 Å². The molecule has 4 rings (SSSR count). The fraction of sp³-hybridized carbons (Fsp3) is 0.545. The molecule has 2 unspecified atom stereocenters. The summed E-state index contributed by atoms with van der Waals surface area (Å²) >= 11 is 1.76. The molecule has 2 fully saturated rings. The summed E-state index contributed by atoms with van der Waals surface area (Å²) < 4.78 is 0. The van der Waals surface area contributed by atoms with E-state index >= 15 is 0 Å². The van der Waals surface area contributed by atoms with E-state index in [2.05, 4.69) is 69.7 Å². The zero-order valence-corrected chi connectivity index (χ0v) is 20.7. The Morgan fingerprint density at radius 2 is 1.86 bits per heavy atom. The van der Waals surface area contributed by atoms with Gasteiger partial charge in [0.05, 0.1) is 17.2 Å². The minimum Gasteiger partial charge on any atom is -0.354 e. The molecule has 0 saturated carbocycles. The largest absolute Gasteiger partial charge is 0.354 e. The summed E-state index contributed by atoms with van der Waals surface area (Å²) in [5, 5.41) is 8.29. The first kappa shape index (κ1) is 22.5. The van der Waals surface area contributed by atoms with Crippen molar-refractivity contribution in [2.45, 2.75) is 70.7 Å². The molecule has 0 radical (unpaired) electrons. The minimum atomic E-state index is 0. The van der Waals surface area contributed by atoms with E-state index in [1.807, 2.05) is 7.05 Å². The van der Waals surface area contributed by atoms with Gasteiger partial charge in [0.15, 0.2) is 5.96 Å². The number of guanidine groups is 1. The maximum Gasteiger partial charge on any atom is 0.191 e. The van der Waals surface area contributed by atoms with E-state index in [0.717, 1.165) is 29.8 Å². The van der Waals surface area contributed by atoms with Gasteiger partial charge in [-0.3, -0.25) is 9.89 Å². The Kier molecular flexibility index (Phi) is 7.92. The standard InChI is InChI=1S/C22H31N5S.HI/c1-15-21(28-16(2)25-15)13-24-22(23-3)26-18-11-19-9-10-20(12-18)27(19)14-17-7-5-4-6-8-17;/h4-8,18-20H,9-14H2,1-3H3,(H2,23,24,26);1H. The smallest absolute Gasteiger partial charge is 0.191 e. The van der Waals surface area contributed by atoms with Crippen molar-refractivity contribution in [1.82, 2.24) is 20.5 Å². The Bertz CT molecular complexity index is 808. The highest BCUT2D eigenvalue weighted by atomic mass is 127. The third kappa shape index (κ3) is 5.49. The lowest BCUT2D eigenvalue weighted by molar-refractivity contribution is 0.114. The van der Waals surface area contributed by atoms with Crippen LogP contribution in [0, 0.1) is 13.8 Å². The quantitative estimate of drug-likeness (QED) is 0.349. The normalized spacial score (nSPS) is 24.2. The molecule has 2 aromatic rings. The number of piperidine rings is 1.